The number of carbonyl (C=O) groups excluding carboxylic acids is 4. The number of aliphatic hydroxyl groups is 1. The van der Waals surface area contributed by atoms with Crippen molar-refractivity contribution in [3.8, 4) is 0 Å². The summed E-state index contributed by atoms with van der Waals surface area (Å²) in [7, 11) is -9.92. The molecule has 19 heteroatoms. The number of ether oxygens (including phenoxy) is 4. The van der Waals surface area contributed by atoms with Gasteiger partial charge in [0.15, 0.2) is 12.2 Å². The van der Waals surface area contributed by atoms with Crippen molar-refractivity contribution in [1.29, 1.82) is 0 Å². The van der Waals surface area contributed by atoms with E-state index in [4.69, 9.17) is 37.0 Å². The van der Waals surface area contributed by atoms with Crippen LogP contribution in [0.3, 0.4) is 0 Å². The average molecular weight is 1480 g/mol. The molecule has 0 saturated heterocycles. The van der Waals surface area contributed by atoms with Crippen LogP contribution in [0.15, 0.2) is 0 Å². The molecule has 6 atom stereocenters. The maximum Gasteiger partial charge on any atom is 0.472 e. The van der Waals surface area contributed by atoms with Crippen molar-refractivity contribution in [1.82, 2.24) is 0 Å². The first-order chi connectivity index (χ1) is 48.9. The number of unbranched alkanes of at least 4 members (excludes halogenated alkanes) is 50. The van der Waals surface area contributed by atoms with Gasteiger partial charge in [0.05, 0.1) is 26.4 Å². The number of phosphoric ester groups is 2. The van der Waals surface area contributed by atoms with Crippen LogP contribution in [-0.4, -0.2) is 96.7 Å². The minimum absolute atomic E-state index is 0.106. The Balaban J connectivity index is 5.24. The van der Waals surface area contributed by atoms with Gasteiger partial charge in [-0.05, 0) is 37.5 Å². The van der Waals surface area contributed by atoms with E-state index in [1.54, 1.807) is 0 Å². The van der Waals surface area contributed by atoms with Crippen molar-refractivity contribution in [2.24, 2.45) is 11.8 Å². The standard InChI is InChI=1S/C82H160O17P2/c1-7-10-12-14-16-18-20-21-22-23-24-25-26-31-35-42-48-54-60-66-81(86)98-77(71-93-80(85)65-59-53-47-41-34-30-28-27-29-33-39-45-51-57-63-75(6)9-3)72-96-100(88,89)94-68-76(83)69-95-101(90,91)97-73-78(70-92-79(84)64-58-52-46-40-32-19-17-15-13-11-8-2)99-82(87)67-61-55-49-43-37-36-38-44-50-56-62-74(4)5/h74-78,83H,7-73H2,1-6H3,(H,88,89)(H,90,91)/t75?,76-,77-,78-/m1/s1. The highest BCUT2D eigenvalue weighted by atomic mass is 31.2. The SMILES string of the molecule is CCCCCCCCCCCCCCCCCCCCCC(=O)O[C@H](COC(=O)CCCCCCCCCCCCCCCCC(C)CC)COP(=O)(O)OC[C@@H](O)COP(=O)(O)OC[C@@H](COC(=O)CCCCCCCCCCCCC)OC(=O)CCCCCCCCCCCCC(C)C. The zero-order chi connectivity index (χ0) is 74.2. The van der Waals surface area contributed by atoms with Gasteiger partial charge in [0, 0.05) is 25.7 Å². The van der Waals surface area contributed by atoms with Crippen LogP contribution in [0.1, 0.15) is 433 Å². The Morgan fingerprint density at radius 3 is 0.752 bits per heavy atom. The maximum atomic E-state index is 13.1. The summed E-state index contributed by atoms with van der Waals surface area (Å²) in [5.41, 5.74) is 0. The molecule has 0 radical (unpaired) electrons. The van der Waals surface area contributed by atoms with E-state index in [0.717, 1.165) is 102 Å². The minimum atomic E-state index is -4.96. The first-order valence-electron chi connectivity index (χ1n) is 42.5. The maximum absolute atomic E-state index is 13.1. The molecule has 0 aromatic heterocycles. The Morgan fingerprint density at radius 2 is 0.505 bits per heavy atom. The van der Waals surface area contributed by atoms with Crippen LogP contribution in [0.5, 0.6) is 0 Å². The zero-order valence-electron chi connectivity index (χ0n) is 66.2. The van der Waals surface area contributed by atoms with Gasteiger partial charge in [0.1, 0.15) is 19.3 Å². The fraction of sp³-hybridized carbons (Fsp3) is 0.951. The van der Waals surface area contributed by atoms with E-state index >= 15 is 0 Å². The molecule has 0 bridgehead atoms. The number of rotatable bonds is 81. The van der Waals surface area contributed by atoms with Gasteiger partial charge in [-0.25, -0.2) is 9.13 Å². The minimum Gasteiger partial charge on any atom is -0.462 e. The van der Waals surface area contributed by atoms with Gasteiger partial charge < -0.3 is 33.8 Å². The second-order valence-corrected chi connectivity index (χ2v) is 33.1. The van der Waals surface area contributed by atoms with Crippen LogP contribution in [0, 0.1) is 11.8 Å². The first-order valence-corrected chi connectivity index (χ1v) is 45.5. The first kappa shape index (κ1) is 99.1. The van der Waals surface area contributed by atoms with E-state index in [1.807, 2.05) is 0 Å². The number of hydrogen-bond donors (Lipinski definition) is 3. The van der Waals surface area contributed by atoms with E-state index in [0.29, 0.717) is 25.7 Å². The van der Waals surface area contributed by atoms with Crippen molar-refractivity contribution in [3.05, 3.63) is 0 Å². The van der Waals surface area contributed by atoms with Gasteiger partial charge in [0.2, 0.25) is 0 Å². The van der Waals surface area contributed by atoms with Crippen LogP contribution in [0.25, 0.3) is 0 Å². The molecule has 101 heavy (non-hydrogen) atoms. The molecule has 0 saturated carbocycles. The Bertz CT molecular complexity index is 1940. The number of esters is 4. The summed E-state index contributed by atoms with van der Waals surface area (Å²) in [5, 5.41) is 10.6. The van der Waals surface area contributed by atoms with E-state index < -0.39 is 97.5 Å². The molecule has 0 aromatic carbocycles. The molecule has 17 nitrogen and oxygen atoms in total. The van der Waals surface area contributed by atoms with Crippen LogP contribution in [0.2, 0.25) is 0 Å². The average Bonchev–Trinajstić information content (AvgIpc) is 0.961. The lowest BCUT2D eigenvalue weighted by Gasteiger charge is -2.21. The Kier molecular flexibility index (Phi) is 72.2. The highest BCUT2D eigenvalue weighted by molar-refractivity contribution is 7.47. The van der Waals surface area contributed by atoms with Crippen molar-refractivity contribution < 1.29 is 80.2 Å². The van der Waals surface area contributed by atoms with E-state index in [1.165, 1.54) is 250 Å². The van der Waals surface area contributed by atoms with Crippen molar-refractivity contribution in [2.45, 2.75) is 452 Å². The normalized spacial score (nSPS) is 14.2. The molecule has 0 aromatic rings. The van der Waals surface area contributed by atoms with Crippen molar-refractivity contribution in [2.75, 3.05) is 39.6 Å². The van der Waals surface area contributed by atoms with Gasteiger partial charge >= 0.3 is 39.5 Å². The molecule has 0 heterocycles. The fourth-order valence-corrected chi connectivity index (χ4v) is 14.3. The van der Waals surface area contributed by atoms with Gasteiger partial charge in [-0.3, -0.25) is 37.3 Å². The molecule has 0 rings (SSSR count). The second-order valence-electron chi connectivity index (χ2n) is 30.2. The summed E-state index contributed by atoms with van der Waals surface area (Å²) in [4.78, 5) is 73.1. The molecule has 3 N–H and O–H groups in total. The summed E-state index contributed by atoms with van der Waals surface area (Å²) in [6.07, 6.45) is 63.7. The lowest BCUT2D eigenvalue weighted by atomic mass is 9.99. The van der Waals surface area contributed by atoms with Crippen molar-refractivity contribution >= 4 is 39.5 Å². The third-order valence-corrected chi connectivity index (χ3v) is 21.5. The van der Waals surface area contributed by atoms with E-state index in [9.17, 15) is 43.2 Å². The van der Waals surface area contributed by atoms with Gasteiger partial charge in [-0.2, -0.15) is 0 Å². The Hall–Kier alpha value is -1.94. The number of hydrogen-bond acceptors (Lipinski definition) is 15. The molecular formula is C82H160O17P2. The highest BCUT2D eigenvalue weighted by Crippen LogP contribution is 2.45. The molecule has 0 amide bonds. The molecular weight excluding hydrogens is 1320 g/mol. The predicted molar refractivity (Wildman–Crippen MR) is 414 cm³/mol. The molecule has 0 aliphatic heterocycles. The molecule has 600 valence electrons. The fourth-order valence-electron chi connectivity index (χ4n) is 12.7. The van der Waals surface area contributed by atoms with Gasteiger partial charge in [0.25, 0.3) is 0 Å². The summed E-state index contributed by atoms with van der Waals surface area (Å²) < 4.78 is 68.8. The predicted octanol–water partition coefficient (Wildman–Crippen LogP) is 24.7. The number of carbonyl (C=O) groups is 4. The highest BCUT2D eigenvalue weighted by Gasteiger charge is 2.30. The Morgan fingerprint density at radius 1 is 0.287 bits per heavy atom. The second kappa shape index (κ2) is 73.6. The molecule has 0 fully saturated rings. The van der Waals surface area contributed by atoms with Gasteiger partial charge in [-0.1, -0.05) is 382 Å². The van der Waals surface area contributed by atoms with Crippen LogP contribution in [-0.2, 0) is 65.4 Å². The zero-order valence-corrected chi connectivity index (χ0v) is 68.0. The monoisotopic (exact) mass is 1480 g/mol. The largest absolute Gasteiger partial charge is 0.472 e. The lowest BCUT2D eigenvalue weighted by Crippen LogP contribution is -2.30. The quantitative estimate of drug-likeness (QED) is 0.0222. The lowest BCUT2D eigenvalue weighted by molar-refractivity contribution is -0.161. The van der Waals surface area contributed by atoms with E-state index in [2.05, 4.69) is 41.5 Å². The molecule has 0 aliphatic carbocycles. The van der Waals surface area contributed by atoms with Crippen LogP contribution < -0.4 is 0 Å². The summed E-state index contributed by atoms with van der Waals surface area (Å²) in [6, 6.07) is 0. The number of aliphatic hydroxyl groups excluding tert-OH is 1. The molecule has 0 aliphatic rings. The third kappa shape index (κ3) is 74.7. The molecule has 3 unspecified atom stereocenters. The van der Waals surface area contributed by atoms with Crippen molar-refractivity contribution in [3.63, 3.8) is 0 Å². The summed E-state index contributed by atoms with van der Waals surface area (Å²) in [6.45, 7) is 9.69. The smallest absolute Gasteiger partial charge is 0.462 e. The molecule has 0 spiro atoms. The van der Waals surface area contributed by atoms with Crippen LogP contribution >= 0.6 is 15.6 Å². The van der Waals surface area contributed by atoms with E-state index in [-0.39, 0.29) is 25.7 Å². The summed E-state index contributed by atoms with van der Waals surface area (Å²) >= 11 is 0. The number of phosphoric acid groups is 2. The Labute approximate surface area is 619 Å². The van der Waals surface area contributed by atoms with Gasteiger partial charge in [-0.15, -0.1) is 0 Å². The third-order valence-electron chi connectivity index (χ3n) is 19.6. The summed E-state index contributed by atoms with van der Waals surface area (Å²) in [5.74, 6) is -0.504. The van der Waals surface area contributed by atoms with Crippen LogP contribution in [0.4, 0.5) is 0 Å². The topological polar surface area (TPSA) is 237 Å².